The van der Waals surface area contributed by atoms with Gasteiger partial charge in [0.1, 0.15) is 11.3 Å². The molecular formula is C13H13NO3. The van der Waals surface area contributed by atoms with Crippen LogP contribution >= 0.6 is 0 Å². The molecule has 17 heavy (non-hydrogen) atoms. The van der Waals surface area contributed by atoms with Crippen molar-refractivity contribution < 1.29 is 14.6 Å². The minimum Gasteiger partial charge on any atom is -0.496 e. The number of hydrogen-bond acceptors (Lipinski definition) is 3. The van der Waals surface area contributed by atoms with Gasteiger partial charge in [-0.3, -0.25) is 4.98 Å². The fraction of sp³-hybridized carbons (Fsp3) is 0.231. The molecule has 0 spiro atoms. The molecule has 0 saturated heterocycles. The van der Waals surface area contributed by atoms with Crippen LogP contribution in [0, 0.1) is 13.8 Å². The van der Waals surface area contributed by atoms with Crippen molar-refractivity contribution in [2.45, 2.75) is 13.8 Å². The Hall–Kier alpha value is -2.10. The minimum atomic E-state index is -0.999. The van der Waals surface area contributed by atoms with Crippen LogP contribution in [-0.4, -0.2) is 23.2 Å². The van der Waals surface area contributed by atoms with E-state index in [2.05, 4.69) is 4.98 Å². The van der Waals surface area contributed by atoms with E-state index in [0.29, 0.717) is 16.7 Å². The first kappa shape index (κ1) is 11.4. The lowest BCUT2D eigenvalue weighted by Crippen LogP contribution is -2.03. The molecule has 2 rings (SSSR count). The average molecular weight is 231 g/mol. The topological polar surface area (TPSA) is 59.4 Å². The van der Waals surface area contributed by atoms with E-state index in [-0.39, 0.29) is 5.56 Å². The van der Waals surface area contributed by atoms with E-state index in [1.807, 2.05) is 19.9 Å². The summed E-state index contributed by atoms with van der Waals surface area (Å²) in [6.45, 7) is 3.76. The number of fused-ring (bicyclic) bond motifs is 1. The Bertz CT molecular complexity index is 605. The maximum absolute atomic E-state index is 11.3. The molecule has 0 amide bonds. The van der Waals surface area contributed by atoms with Crippen LogP contribution < -0.4 is 4.74 Å². The standard InChI is InChI=1S/C13H13NO3/c1-7-6-8(2)14-9-4-5-10(17-3)12(11(7)9)13(15)16/h4-6H,1-3H3,(H,15,16). The van der Waals surface area contributed by atoms with E-state index in [1.165, 1.54) is 7.11 Å². The number of hydrogen-bond donors (Lipinski definition) is 1. The maximum atomic E-state index is 11.3. The maximum Gasteiger partial charge on any atom is 0.340 e. The van der Waals surface area contributed by atoms with Gasteiger partial charge in [-0.15, -0.1) is 0 Å². The van der Waals surface area contributed by atoms with Crippen molar-refractivity contribution in [2.75, 3.05) is 7.11 Å². The normalized spacial score (nSPS) is 10.5. The summed E-state index contributed by atoms with van der Waals surface area (Å²) in [5.74, 6) is -0.639. The Balaban J connectivity index is 2.94. The fourth-order valence-corrected chi connectivity index (χ4v) is 2.06. The lowest BCUT2D eigenvalue weighted by Gasteiger charge is -2.10. The van der Waals surface area contributed by atoms with Gasteiger partial charge in [-0.2, -0.15) is 0 Å². The highest BCUT2D eigenvalue weighted by Crippen LogP contribution is 2.29. The van der Waals surface area contributed by atoms with Gasteiger partial charge in [0.05, 0.1) is 12.6 Å². The van der Waals surface area contributed by atoms with E-state index >= 15 is 0 Å². The van der Waals surface area contributed by atoms with E-state index < -0.39 is 5.97 Å². The Morgan fingerprint density at radius 2 is 2.06 bits per heavy atom. The van der Waals surface area contributed by atoms with Gasteiger partial charge < -0.3 is 9.84 Å². The fourth-order valence-electron chi connectivity index (χ4n) is 2.06. The van der Waals surface area contributed by atoms with Crippen molar-refractivity contribution in [3.63, 3.8) is 0 Å². The zero-order chi connectivity index (χ0) is 12.6. The zero-order valence-electron chi connectivity index (χ0n) is 9.94. The van der Waals surface area contributed by atoms with Crippen LogP contribution in [0.2, 0.25) is 0 Å². The van der Waals surface area contributed by atoms with Crippen molar-refractivity contribution in [2.24, 2.45) is 0 Å². The number of carboxylic acids is 1. The van der Waals surface area contributed by atoms with Crippen LogP contribution in [0.4, 0.5) is 0 Å². The van der Waals surface area contributed by atoms with Gasteiger partial charge in [0.2, 0.25) is 0 Å². The van der Waals surface area contributed by atoms with Crippen LogP contribution in [0.15, 0.2) is 18.2 Å². The van der Waals surface area contributed by atoms with Crippen LogP contribution in [0.1, 0.15) is 21.6 Å². The number of ether oxygens (including phenoxy) is 1. The molecule has 1 heterocycles. The molecule has 0 fully saturated rings. The number of carboxylic acid groups (broad SMARTS) is 1. The highest BCUT2D eigenvalue weighted by molar-refractivity contribution is 6.06. The molecule has 0 aliphatic heterocycles. The van der Waals surface area contributed by atoms with Gasteiger partial charge in [0.25, 0.3) is 0 Å². The molecule has 4 nitrogen and oxygen atoms in total. The molecule has 4 heteroatoms. The summed E-state index contributed by atoms with van der Waals surface area (Å²) >= 11 is 0. The molecule has 88 valence electrons. The summed E-state index contributed by atoms with van der Waals surface area (Å²) in [5.41, 5.74) is 2.62. The van der Waals surface area contributed by atoms with Crippen LogP contribution in [-0.2, 0) is 0 Å². The second-order valence-electron chi connectivity index (χ2n) is 3.92. The lowest BCUT2D eigenvalue weighted by atomic mass is 10.0. The first-order chi connectivity index (χ1) is 8.04. The average Bonchev–Trinajstić information content (AvgIpc) is 2.27. The number of pyridine rings is 1. The first-order valence-corrected chi connectivity index (χ1v) is 5.23. The summed E-state index contributed by atoms with van der Waals surface area (Å²) in [4.78, 5) is 15.7. The number of carbonyl (C=O) groups is 1. The molecule has 0 unspecified atom stereocenters. The Morgan fingerprint density at radius 3 is 2.65 bits per heavy atom. The first-order valence-electron chi connectivity index (χ1n) is 5.23. The number of benzene rings is 1. The molecule has 1 N–H and O–H groups in total. The van der Waals surface area contributed by atoms with Crippen molar-refractivity contribution in [3.05, 3.63) is 35.0 Å². The Kier molecular flexibility index (Phi) is 2.71. The molecule has 0 aliphatic rings. The second-order valence-corrected chi connectivity index (χ2v) is 3.92. The van der Waals surface area contributed by atoms with Crippen molar-refractivity contribution >= 4 is 16.9 Å². The van der Waals surface area contributed by atoms with E-state index in [4.69, 9.17) is 4.74 Å². The van der Waals surface area contributed by atoms with E-state index in [0.717, 1.165) is 11.3 Å². The van der Waals surface area contributed by atoms with Crippen LogP contribution in [0.5, 0.6) is 5.75 Å². The Labute approximate surface area is 98.9 Å². The molecule has 2 aromatic rings. The molecular weight excluding hydrogens is 218 g/mol. The molecule has 0 saturated carbocycles. The van der Waals surface area contributed by atoms with Crippen molar-refractivity contribution in [3.8, 4) is 5.75 Å². The quantitative estimate of drug-likeness (QED) is 0.862. The summed E-state index contributed by atoms with van der Waals surface area (Å²) in [6.07, 6.45) is 0. The number of aromatic nitrogens is 1. The van der Waals surface area contributed by atoms with Gasteiger partial charge in [0.15, 0.2) is 0 Å². The van der Waals surface area contributed by atoms with Crippen molar-refractivity contribution in [1.29, 1.82) is 0 Å². The molecule has 1 aromatic heterocycles. The summed E-state index contributed by atoms with van der Waals surface area (Å²) in [5, 5.41) is 9.92. The van der Waals surface area contributed by atoms with Gasteiger partial charge in [-0.25, -0.2) is 4.79 Å². The van der Waals surface area contributed by atoms with Crippen LogP contribution in [0.25, 0.3) is 10.9 Å². The van der Waals surface area contributed by atoms with E-state index in [9.17, 15) is 9.90 Å². The van der Waals surface area contributed by atoms with E-state index in [1.54, 1.807) is 12.1 Å². The van der Waals surface area contributed by atoms with Gasteiger partial charge in [-0.05, 0) is 37.6 Å². The monoisotopic (exact) mass is 231 g/mol. The Morgan fingerprint density at radius 1 is 1.35 bits per heavy atom. The lowest BCUT2D eigenvalue weighted by molar-refractivity contribution is 0.0695. The predicted octanol–water partition coefficient (Wildman–Crippen LogP) is 2.56. The number of rotatable bonds is 2. The highest BCUT2D eigenvalue weighted by atomic mass is 16.5. The molecule has 0 radical (unpaired) electrons. The van der Waals surface area contributed by atoms with Crippen molar-refractivity contribution in [1.82, 2.24) is 4.98 Å². The smallest absolute Gasteiger partial charge is 0.340 e. The largest absolute Gasteiger partial charge is 0.496 e. The van der Waals surface area contributed by atoms with Gasteiger partial charge in [-0.1, -0.05) is 0 Å². The van der Waals surface area contributed by atoms with Gasteiger partial charge in [0, 0.05) is 11.1 Å². The molecule has 0 aliphatic carbocycles. The third-order valence-electron chi connectivity index (χ3n) is 2.70. The summed E-state index contributed by atoms with van der Waals surface area (Å²) < 4.78 is 5.09. The summed E-state index contributed by atoms with van der Waals surface area (Å²) in [6, 6.07) is 5.28. The summed E-state index contributed by atoms with van der Waals surface area (Å²) in [7, 11) is 1.46. The van der Waals surface area contributed by atoms with Crippen LogP contribution in [0.3, 0.4) is 0 Å². The number of aryl methyl sites for hydroxylation is 2. The number of nitrogens with zero attached hydrogens (tertiary/aromatic N) is 1. The van der Waals surface area contributed by atoms with Gasteiger partial charge >= 0.3 is 5.97 Å². The number of methoxy groups -OCH3 is 1. The molecule has 0 atom stereocenters. The highest BCUT2D eigenvalue weighted by Gasteiger charge is 2.17. The number of aromatic carboxylic acids is 1. The SMILES string of the molecule is COc1ccc2nc(C)cc(C)c2c1C(=O)O. The molecule has 0 bridgehead atoms. The molecule has 1 aromatic carbocycles. The third-order valence-corrected chi connectivity index (χ3v) is 2.70. The third kappa shape index (κ3) is 1.82. The minimum absolute atomic E-state index is 0.176. The second kappa shape index (κ2) is 4.05. The zero-order valence-corrected chi connectivity index (χ0v) is 9.94. The predicted molar refractivity (Wildman–Crippen MR) is 64.7 cm³/mol.